The van der Waals surface area contributed by atoms with Crippen LogP contribution >= 0.6 is 0 Å². The number of nitrogen functional groups attached to an aromatic ring is 1. The van der Waals surface area contributed by atoms with Crippen molar-refractivity contribution in [1.82, 2.24) is 9.97 Å². The Morgan fingerprint density at radius 3 is 2.93 bits per heavy atom. The van der Waals surface area contributed by atoms with Crippen LogP contribution in [0.1, 0.15) is 12.0 Å². The Labute approximate surface area is 167 Å². The van der Waals surface area contributed by atoms with Crippen LogP contribution in [0.2, 0.25) is 0 Å². The molecule has 1 aliphatic carbocycles. The number of amides is 1. The molecule has 1 unspecified atom stereocenters. The molecule has 0 bridgehead atoms. The Kier molecular flexibility index (Phi) is 3.78. The molecular formula is C23H19N5O. The van der Waals surface area contributed by atoms with Gasteiger partial charge in [0.25, 0.3) is 0 Å². The topological polar surface area (TPSA) is 108 Å². The number of aryl methyl sites for hydroxylation is 1. The highest BCUT2D eigenvalue weighted by Crippen LogP contribution is 2.39. The molecule has 0 aliphatic heterocycles. The number of nitriles is 1. The summed E-state index contributed by atoms with van der Waals surface area (Å²) in [6.07, 6.45) is 4.23. The van der Waals surface area contributed by atoms with E-state index in [4.69, 9.17) is 11.0 Å². The Hall–Kier alpha value is -3.85. The number of nitrogens with two attached hydrogens (primary N) is 1. The lowest BCUT2D eigenvalue weighted by Crippen LogP contribution is -2.15. The van der Waals surface area contributed by atoms with E-state index in [9.17, 15) is 4.79 Å². The van der Waals surface area contributed by atoms with Gasteiger partial charge < -0.3 is 16.0 Å². The molecule has 1 fully saturated rings. The smallest absolute Gasteiger partial charge is 0.230 e. The number of aromatic amines is 1. The van der Waals surface area contributed by atoms with E-state index in [1.807, 2.05) is 24.4 Å². The summed E-state index contributed by atoms with van der Waals surface area (Å²) in [6, 6.07) is 14.3. The predicted molar refractivity (Wildman–Crippen MR) is 114 cm³/mol. The standard InChI is InChI=1S/C23H19N5O/c1-12-4-21-13(2-3-26-21)6-17(12)14-5-15-9-22(27-11-19(15)20(25)8-14)28-23(29)18-7-16(18)10-24/h2-6,8-9,11,16,18,26H,7,25H2,1H3,(H,27,28,29)/t16-,18?/m0/s1. The number of aromatic nitrogens is 2. The van der Waals surface area contributed by atoms with Crippen LogP contribution in [0.4, 0.5) is 11.5 Å². The van der Waals surface area contributed by atoms with Gasteiger partial charge in [0, 0.05) is 29.0 Å². The predicted octanol–water partition coefficient (Wildman–Crippen LogP) is 4.37. The number of anilines is 2. The number of nitrogens with one attached hydrogen (secondary N) is 2. The second kappa shape index (κ2) is 6.35. The number of H-pyrrole nitrogens is 1. The van der Waals surface area contributed by atoms with Crippen molar-refractivity contribution in [1.29, 1.82) is 5.26 Å². The first-order valence-corrected chi connectivity index (χ1v) is 9.51. The van der Waals surface area contributed by atoms with Crippen molar-refractivity contribution < 1.29 is 4.79 Å². The summed E-state index contributed by atoms with van der Waals surface area (Å²) in [6.45, 7) is 2.08. The zero-order chi connectivity index (χ0) is 20.1. The summed E-state index contributed by atoms with van der Waals surface area (Å²) in [5, 5.41) is 14.6. The molecule has 0 radical (unpaired) electrons. The van der Waals surface area contributed by atoms with E-state index < -0.39 is 0 Å². The largest absolute Gasteiger partial charge is 0.398 e. The van der Waals surface area contributed by atoms with Gasteiger partial charge in [-0.2, -0.15) is 5.26 Å². The molecule has 2 atom stereocenters. The minimum Gasteiger partial charge on any atom is -0.398 e. The number of nitrogens with zero attached hydrogens (tertiary/aromatic N) is 2. The van der Waals surface area contributed by atoms with Crippen LogP contribution < -0.4 is 11.1 Å². The van der Waals surface area contributed by atoms with Gasteiger partial charge in [0.15, 0.2) is 0 Å². The van der Waals surface area contributed by atoms with Crippen LogP contribution in [0.5, 0.6) is 0 Å². The van der Waals surface area contributed by atoms with Gasteiger partial charge in [-0.05, 0) is 77.2 Å². The molecule has 6 nitrogen and oxygen atoms in total. The number of hydrogen-bond acceptors (Lipinski definition) is 4. The highest BCUT2D eigenvalue weighted by molar-refractivity contribution is 6.01. The van der Waals surface area contributed by atoms with Gasteiger partial charge in [-0.25, -0.2) is 4.98 Å². The molecule has 1 saturated carbocycles. The van der Waals surface area contributed by atoms with Crippen LogP contribution in [0, 0.1) is 30.1 Å². The highest BCUT2D eigenvalue weighted by atomic mass is 16.2. The van der Waals surface area contributed by atoms with Gasteiger partial charge in [0.2, 0.25) is 5.91 Å². The normalized spacial score (nSPS) is 17.9. The van der Waals surface area contributed by atoms with Crippen LogP contribution in [-0.4, -0.2) is 15.9 Å². The molecule has 29 heavy (non-hydrogen) atoms. The van der Waals surface area contributed by atoms with Crippen LogP contribution in [0.15, 0.2) is 48.8 Å². The van der Waals surface area contributed by atoms with E-state index in [1.165, 1.54) is 0 Å². The molecule has 2 aromatic carbocycles. The summed E-state index contributed by atoms with van der Waals surface area (Å²) in [5.41, 5.74) is 11.3. The average molecular weight is 381 g/mol. The summed E-state index contributed by atoms with van der Waals surface area (Å²) in [5.74, 6) is -0.0876. The summed E-state index contributed by atoms with van der Waals surface area (Å²) < 4.78 is 0. The lowest BCUT2D eigenvalue weighted by Gasteiger charge is -2.12. The van der Waals surface area contributed by atoms with Crippen molar-refractivity contribution in [3.05, 3.63) is 54.4 Å². The Morgan fingerprint density at radius 1 is 1.28 bits per heavy atom. The van der Waals surface area contributed by atoms with Crippen molar-refractivity contribution in [3.63, 3.8) is 0 Å². The molecule has 2 aromatic heterocycles. The fourth-order valence-corrected chi connectivity index (χ4v) is 3.88. The number of pyridine rings is 1. The zero-order valence-corrected chi connectivity index (χ0v) is 15.9. The molecule has 0 spiro atoms. The van der Waals surface area contributed by atoms with E-state index in [0.717, 1.165) is 38.4 Å². The third kappa shape index (κ3) is 2.97. The second-order valence-corrected chi connectivity index (χ2v) is 7.66. The van der Waals surface area contributed by atoms with Crippen molar-refractivity contribution in [2.24, 2.45) is 11.8 Å². The minimum atomic E-state index is -0.232. The van der Waals surface area contributed by atoms with E-state index in [2.05, 4.69) is 46.5 Å². The first-order valence-electron chi connectivity index (χ1n) is 9.51. The van der Waals surface area contributed by atoms with Crippen LogP contribution in [-0.2, 0) is 4.79 Å². The van der Waals surface area contributed by atoms with Crippen molar-refractivity contribution in [2.75, 3.05) is 11.1 Å². The molecule has 1 amide bonds. The van der Waals surface area contributed by atoms with Gasteiger partial charge in [-0.3, -0.25) is 4.79 Å². The number of benzene rings is 2. The van der Waals surface area contributed by atoms with E-state index in [0.29, 0.717) is 17.9 Å². The Balaban J connectivity index is 1.54. The first-order chi connectivity index (χ1) is 14.0. The van der Waals surface area contributed by atoms with E-state index in [1.54, 1.807) is 6.20 Å². The number of fused-ring (bicyclic) bond motifs is 2. The third-order valence-corrected chi connectivity index (χ3v) is 5.62. The molecule has 5 rings (SSSR count). The van der Waals surface area contributed by atoms with Crippen molar-refractivity contribution in [2.45, 2.75) is 13.3 Å². The fourth-order valence-electron chi connectivity index (χ4n) is 3.88. The Morgan fingerprint density at radius 2 is 2.14 bits per heavy atom. The van der Waals surface area contributed by atoms with Gasteiger partial charge >= 0.3 is 0 Å². The summed E-state index contributed by atoms with van der Waals surface area (Å²) in [7, 11) is 0. The molecule has 1 aliphatic rings. The van der Waals surface area contributed by atoms with E-state index >= 15 is 0 Å². The maximum absolute atomic E-state index is 12.2. The lowest BCUT2D eigenvalue weighted by molar-refractivity contribution is -0.117. The summed E-state index contributed by atoms with van der Waals surface area (Å²) >= 11 is 0. The quantitative estimate of drug-likeness (QED) is 0.458. The van der Waals surface area contributed by atoms with Crippen molar-refractivity contribution >= 4 is 39.1 Å². The van der Waals surface area contributed by atoms with Gasteiger partial charge in [-0.15, -0.1) is 0 Å². The number of rotatable bonds is 3. The number of hydrogen-bond donors (Lipinski definition) is 3. The van der Waals surface area contributed by atoms with E-state index in [-0.39, 0.29) is 17.7 Å². The monoisotopic (exact) mass is 381 g/mol. The third-order valence-electron chi connectivity index (χ3n) is 5.62. The molecule has 4 aromatic rings. The Bertz CT molecular complexity index is 1330. The molecule has 2 heterocycles. The molecule has 0 saturated heterocycles. The zero-order valence-electron chi connectivity index (χ0n) is 15.9. The minimum absolute atomic E-state index is 0.152. The maximum atomic E-state index is 12.2. The van der Waals surface area contributed by atoms with Crippen molar-refractivity contribution in [3.8, 4) is 17.2 Å². The molecule has 6 heteroatoms. The second-order valence-electron chi connectivity index (χ2n) is 7.66. The maximum Gasteiger partial charge on any atom is 0.230 e. The number of carbonyl (C=O) groups excluding carboxylic acids is 1. The van der Waals surface area contributed by atoms with Crippen LogP contribution in [0.3, 0.4) is 0 Å². The lowest BCUT2D eigenvalue weighted by atomic mass is 9.96. The number of carbonyl (C=O) groups is 1. The molecular weight excluding hydrogens is 362 g/mol. The average Bonchev–Trinajstić information content (AvgIpc) is 3.37. The fraction of sp³-hybridized carbons (Fsp3) is 0.174. The SMILES string of the molecule is Cc1cc2[nH]ccc2cc1-c1cc(N)c2cnc(NC(=O)C3C[C@H]3C#N)cc2c1. The van der Waals surface area contributed by atoms with Gasteiger partial charge in [-0.1, -0.05) is 0 Å². The molecule has 4 N–H and O–H groups in total. The summed E-state index contributed by atoms with van der Waals surface area (Å²) in [4.78, 5) is 19.8. The van der Waals surface area contributed by atoms with Gasteiger partial charge in [0.05, 0.1) is 17.9 Å². The first kappa shape index (κ1) is 17.3. The molecule has 142 valence electrons. The van der Waals surface area contributed by atoms with Gasteiger partial charge in [0.1, 0.15) is 5.82 Å². The highest BCUT2D eigenvalue weighted by Gasteiger charge is 2.43. The van der Waals surface area contributed by atoms with Crippen LogP contribution in [0.25, 0.3) is 32.8 Å².